The maximum Gasteiger partial charge on any atom is 0.230 e. The molecule has 0 radical (unpaired) electrons. The Morgan fingerprint density at radius 3 is 2.61 bits per heavy atom. The Kier molecular flexibility index (Phi) is 4.18. The largest absolute Gasteiger partial charge is 0.302 e. The summed E-state index contributed by atoms with van der Waals surface area (Å²) in [5.41, 5.74) is 6.72. The summed E-state index contributed by atoms with van der Waals surface area (Å²) >= 11 is 1.54. The molecule has 0 aliphatic heterocycles. The molecule has 0 spiro atoms. The summed E-state index contributed by atoms with van der Waals surface area (Å²) in [6.45, 7) is 8.21. The number of aryl methyl sites for hydroxylation is 4. The van der Waals surface area contributed by atoms with Crippen LogP contribution in [0.3, 0.4) is 0 Å². The predicted molar refractivity (Wildman–Crippen MR) is 97.3 cm³/mol. The van der Waals surface area contributed by atoms with E-state index in [1.807, 2.05) is 13.8 Å². The Morgan fingerprint density at radius 2 is 1.83 bits per heavy atom. The Morgan fingerprint density at radius 1 is 1.04 bits per heavy atom. The second-order valence-electron chi connectivity index (χ2n) is 6.10. The lowest BCUT2D eigenvalue weighted by Crippen LogP contribution is -2.14. The highest BCUT2D eigenvalue weighted by atomic mass is 32.1. The minimum atomic E-state index is -0.0212. The first kappa shape index (κ1) is 15.7. The molecule has 118 valence electrons. The van der Waals surface area contributed by atoms with Crippen molar-refractivity contribution >= 4 is 32.6 Å². The van der Waals surface area contributed by atoms with Crippen LogP contribution in [0.5, 0.6) is 0 Å². The number of nitrogens with zero attached hydrogens (tertiary/aromatic N) is 1. The third-order valence-electron chi connectivity index (χ3n) is 3.92. The first-order valence-electron chi connectivity index (χ1n) is 7.66. The van der Waals surface area contributed by atoms with Crippen LogP contribution >= 0.6 is 11.3 Å². The zero-order valence-corrected chi connectivity index (χ0v) is 14.7. The molecule has 0 fully saturated rings. The molecule has 4 heteroatoms. The smallest absolute Gasteiger partial charge is 0.230 e. The lowest BCUT2D eigenvalue weighted by Gasteiger charge is -2.06. The summed E-state index contributed by atoms with van der Waals surface area (Å²) in [6, 6.07) is 10.4. The van der Waals surface area contributed by atoms with Crippen molar-refractivity contribution in [2.75, 3.05) is 5.32 Å². The molecule has 1 amide bonds. The molecule has 0 aliphatic carbocycles. The van der Waals surface area contributed by atoms with Crippen molar-refractivity contribution in [3.63, 3.8) is 0 Å². The van der Waals surface area contributed by atoms with Gasteiger partial charge in [0, 0.05) is 0 Å². The van der Waals surface area contributed by atoms with E-state index in [0.717, 1.165) is 21.3 Å². The van der Waals surface area contributed by atoms with Crippen molar-refractivity contribution in [1.82, 2.24) is 4.98 Å². The van der Waals surface area contributed by atoms with Crippen molar-refractivity contribution in [3.8, 4) is 0 Å². The Hall–Kier alpha value is -2.20. The Labute approximate surface area is 140 Å². The van der Waals surface area contributed by atoms with E-state index < -0.39 is 0 Å². The maximum absolute atomic E-state index is 12.3. The van der Waals surface area contributed by atoms with Gasteiger partial charge < -0.3 is 5.32 Å². The average Bonchev–Trinajstić information content (AvgIpc) is 2.85. The highest BCUT2D eigenvalue weighted by Crippen LogP contribution is 2.29. The van der Waals surface area contributed by atoms with Crippen molar-refractivity contribution in [2.45, 2.75) is 34.1 Å². The van der Waals surface area contributed by atoms with Crippen LogP contribution < -0.4 is 5.32 Å². The van der Waals surface area contributed by atoms with Gasteiger partial charge in [0.15, 0.2) is 5.13 Å². The number of carbonyl (C=O) groups excluding carboxylic acids is 1. The van der Waals surface area contributed by atoms with E-state index in [1.165, 1.54) is 28.0 Å². The number of thiazole rings is 1. The molecular formula is C19H20N2OS. The van der Waals surface area contributed by atoms with Crippen molar-refractivity contribution in [3.05, 3.63) is 58.1 Å². The monoisotopic (exact) mass is 324 g/mol. The van der Waals surface area contributed by atoms with Crippen LogP contribution in [-0.2, 0) is 11.2 Å². The van der Waals surface area contributed by atoms with Gasteiger partial charge in [0.1, 0.15) is 0 Å². The number of hydrogen-bond donors (Lipinski definition) is 1. The fraction of sp³-hybridized carbons (Fsp3) is 0.263. The van der Waals surface area contributed by atoms with Gasteiger partial charge in [-0.3, -0.25) is 4.79 Å². The van der Waals surface area contributed by atoms with Gasteiger partial charge in [0.25, 0.3) is 0 Å². The number of carbonyl (C=O) groups is 1. The normalized spacial score (nSPS) is 11.0. The summed E-state index contributed by atoms with van der Waals surface area (Å²) in [4.78, 5) is 16.9. The van der Waals surface area contributed by atoms with E-state index in [9.17, 15) is 4.79 Å². The maximum atomic E-state index is 12.3. The van der Waals surface area contributed by atoms with E-state index >= 15 is 0 Å². The summed E-state index contributed by atoms with van der Waals surface area (Å²) in [7, 11) is 0. The number of nitrogens with one attached hydrogen (secondary N) is 1. The number of aromatic nitrogens is 1. The first-order chi connectivity index (χ1) is 10.9. The predicted octanol–water partition coefficient (Wildman–Crippen LogP) is 4.71. The van der Waals surface area contributed by atoms with Gasteiger partial charge in [-0.25, -0.2) is 4.98 Å². The van der Waals surface area contributed by atoms with Crippen LogP contribution in [0.4, 0.5) is 5.13 Å². The van der Waals surface area contributed by atoms with Crippen molar-refractivity contribution < 1.29 is 4.79 Å². The van der Waals surface area contributed by atoms with E-state index in [0.29, 0.717) is 11.6 Å². The molecule has 1 aromatic heterocycles. The van der Waals surface area contributed by atoms with Crippen LogP contribution in [0.2, 0.25) is 0 Å². The number of anilines is 1. The molecule has 2 aromatic carbocycles. The molecular weight excluding hydrogens is 304 g/mol. The van der Waals surface area contributed by atoms with E-state index in [2.05, 4.69) is 54.5 Å². The topological polar surface area (TPSA) is 42.0 Å². The number of amides is 1. The number of rotatable bonds is 3. The molecule has 3 aromatic rings. The molecule has 0 saturated carbocycles. The quantitative estimate of drug-likeness (QED) is 0.758. The van der Waals surface area contributed by atoms with Gasteiger partial charge in [-0.2, -0.15) is 0 Å². The molecule has 3 nitrogen and oxygen atoms in total. The van der Waals surface area contributed by atoms with Crippen LogP contribution in [0, 0.1) is 27.7 Å². The minimum absolute atomic E-state index is 0.0212. The van der Waals surface area contributed by atoms with Crippen molar-refractivity contribution in [1.29, 1.82) is 0 Å². The van der Waals surface area contributed by atoms with Crippen LogP contribution in [0.1, 0.15) is 27.8 Å². The molecule has 1 heterocycles. The van der Waals surface area contributed by atoms with Gasteiger partial charge in [0.2, 0.25) is 5.91 Å². The highest BCUT2D eigenvalue weighted by molar-refractivity contribution is 7.22. The number of fused-ring (bicyclic) bond motifs is 1. The summed E-state index contributed by atoms with van der Waals surface area (Å²) in [5, 5.41) is 3.61. The lowest BCUT2D eigenvalue weighted by molar-refractivity contribution is -0.115. The zero-order valence-electron chi connectivity index (χ0n) is 13.9. The third-order valence-corrected chi connectivity index (χ3v) is 5.04. The van der Waals surface area contributed by atoms with Crippen LogP contribution in [0.25, 0.3) is 10.2 Å². The van der Waals surface area contributed by atoms with Gasteiger partial charge in [-0.1, -0.05) is 41.2 Å². The van der Waals surface area contributed by atoms with E-state index in [-0.39, 0.29) is 5.91 Å². The van der Waals surface area contributed by atoms with Gasteiger partial charge in [-0.05, 0) is 56.0 Å². The van der Waals surface area contributed by atoms with Crippen LogP contribution in [0.15, 0.2) is 30.3 Å². The molecule has 3 rings (SSSR count). The molecule has 1 N–H and O–H groups in total. The van der Waals surface area contributed by atoms with Gasteiger partial charge >= 0.3 is 0 Å². The van der Waals surface area contributed by atoms with Crippen molar-refractivity contribution in [2.24, 2.45) is 0 Å². The minimum Gasteiger partial charge on any atom is -0.302 e. The molecule has 0 unspecified atom stereocenters. The lowest BCUT2D eigenvalue weighted by atomic mass is 10.0. The zero-order chi connectivity index (χ0) is 16.6. The SMILES string of the molecule is Cc1ccc(C)c(CC(=O)Nc2nc3cc(C)cc(C)c3s2)c1. The van der Waals surface area contributed by atoms with Crippen LogP contribution in [-0.4, -0.2) is 10.9 Å². The highest BCUT2D eigenvalue weighted by Gasteiger charge is 2.11. The number of benzene rings is 2. The second kappa shape index (κ2) is 6.13. The Balaban J connectivity index is 1.80. The molecule has 0 bridgehead atoms. The molecule has 23 heavy (non-hydrogen) atoms. The fourth-order valence-corrected chi connectivity index (χ4v) is 3.69. The summed E-state index contributed by atoms with van der Waals surface area (Å²) in [5.74, 6) is -0.0212. The summed E-state index contributed by atoms with van der Waals surface area (Å²) in [6.07, 6.45) is 0.376. The summed E-state index contributed by atoms with van der Waals surface area (Å²) < 4.78 is 1.14. The van der Waals surface area contributed by atoms with Gasteiger partial charge in [-0.15, -0.1) is 0 Å². The average molecular weight is 324 g/mol. The fourth-order valence-electron chi connectivity index (χ4n) is 2.76. The third kappa shape index (κ3) is 3.42. The van der Waals surface area contributed by atoms with E-state index in [4.69, 9.17) is 0 Å². The first-order valence-corrected chi connectivity index (χ1v) is 8.48. The Bertz CT molecular complexity index is 896. The molecule has 0 aliphatic rings. The second-order valence-corrected chi connectivity index (χ2v) is 7.10. The standard InChI is InChI=1S/C19H20N2OS/c1-11-5-6-13(3)15(8-11)10-17(22)21-19-20-16-9-12(2)7-14(4)18(16)23-19/h5-9H,10H2,1-4H3,(H,20,21,22). The van der Waals surface area contributed by atoms with E-state index in [1.54, 1.807) is 0 Å². The van der Waals surface area contributed by atoms with Gasteiger partial charge in [0.05, 0.1) is 16.6 Å². The molecule has 0 atom stereocenters. The molecule has 0 saturated heterocycles. The number of hydrogen-bond acceptors (Lipinski definition) is 3.